The summed E-state index contributed by atoms with van der Waals surface area (Å²) >= 11 is 0. The maximum atomic E-state index is 13.9. The van der Waals surface area contributed by atoms with Crippen LogP contribution in [0, 0.1) is 0 Å². The van der Waals surface area contributed by atoms with Crippen molar-refractivity contribution in [1.29, 1.82) is 0 Å². The Kier molecular flexibility index (Phi) is 7.27. The van der Waals surface area contributed by atoms with Crippen LogP contribution in [0.5, 0.6) is 11.5 Å². The van der Waals surface area contributed by atoms with Crippen LogP contribution in [-0.2, 0) is 9.59 Å². The Bertz CT molecular complexity index is 812. The van der Waals surface area contributed by atoms with Crippen LogP contribution in [0.25, 0.3) is 0 Å². The lowest BCUT2D eigenvalue weighted by Crippen LogP contribution is -2.61. The van der Waals surface area contributed by atoms with Crippen molar-refractivity contribution in [2.45, 2.75) is 102 Å². The molecule has 32 heavy (non-hydrogen) atoms. The minimum atomic E-state index is -0.580. The molecule has 0 radical (unpaired) electrons. The van der Waals surface area contributed by atoms with E-state index in [1.807, 2.05) is 41.8 Å². The zero-order chi connectivity index (χ0) is 22.7. The second kappa shape index (κ2) is 10.1. The van der Waals surface area contributed by atoms with Crippen LogP contribution in [0.2, 0.25) is 0 Å². The van der Waals surface area contributed by atoms with Gasteiger partial charge >= 0.3 is 0 Å². The van der Waals surface area contributed by atoms with Gasteiger partial charge in [0, 0.05) is 12.1 Å². The first-order valence-corrected chi connectivity index (χ1v) is 12.5. The lowest BCUT2D eigenvalue weighted by Gasteiger charge is -2.48. The molecular formula is C26H38N2O4. The molecule has 1 aromatic carbocycles. The number of hydrogen-bond donors (Lipinski definition) is 0. The van der Waals surface area contributed by atoms with Crippen LogP contribution < -0.4 is 9.47 Å². The second-order valence-electron chi connectivity index (χ2n) is 9.83. The number of carbonyl (C=O) groups is 2. The van der Waals surface area contributed by atoms with Gasteiger partial charge in [-0.05, 0) is 57.2 Å². The summed E-state index contributed by atoms with van der Waals surface area (Å²) < 4.78 is 11.5. The fourth-order valence-electron chi connectivity index (χ4n) is 5.71. The SMILES string of the molecule is COc1cc([C@H]2C(=O)N(C3CCCCC3)CC(=O)N2C2CCCCC2)ccc1OC(C)C. The normalized spacial score (nSPS) is 23.7. The number of hydrogen-bond acceptors (Lipinski definition) is 4. The lowest BCUT2D eigenvalue weighted by molar-refractivity contribution is -0.162. The molecule has 6 nitrogen and oxygen atoms in total. The molecule has 1 atom stereocenters. The topological polar surface area (TPSA) is 59.1 Å². The molecule has 4 rings (SSSR count). The van der Waals surface area contributed by atoms with E-state index in [4.69, 9.17) is 9.47 Å². The van der Waals surface area contributed by atoms with E-state index >= 15 is 0 Å². The summed E-state index contributed by atoms with van der Waals surface area (Å²) in [5.41, 5.74) is 0.822. The molecule has 1 heterocycles. The first kappa shape index (κ1) is 22.9. The van der Waals surface area contributed by atoms with Gasteiger partial charge in [-0.1, -0.05) is 44.6 Å². The molecule has 176 valence electrons. The van der Waals surface area contributed by atoms with Gasteiger partial charge in [0.15, 0.2) is 11.5 Å². The third kappa shape index (κ3) is 4.74. The number of benzene rings is 1. The van der Waals surface area contributed by atoms with E-state index in [0.29, 0.717) is 11.5 Å². The van der Waals surface area contributed by atoms with Gasteiger partial charge in [-0.3, -0.25) is 9.59 Å². The van der Waals surface area contributed by atoms with Crippen molar-refractivity contribution in [2.75, 3.05) is 13.7 Å². The summed E-state index contributed by atoms with van der Waals surface area (Å²) in [6, 6.07) is 5.45. The molecule has 0 N–H and O–H groups in total. The molecule has 0 unspecified atom stereocenters. The van der Waals surface area contributed by atoms with Crippen LogP contribution in [0.3, 0.4) is 0 Å². The van der Waals surface area contributed by atoms with Gasteiger partial charge in [-0.15, -0.1) is 0 Å². The van der Waals surface area contributed by atoms with Crippen molar-refractivity contribution in [1.82, 2.24) is 9.80 Å². The number of nitrogens with zero attached hydrogens (tertiary/aromatic N) is 2. The molecule has 3 fully saturated rings. The van der Waals surface area contributed by atoms with Gasteiger partial charge < -0.3 is 19.3 Å². The maximum Gasteiger partial charge on any atom is 0.250 e. The molecule has 0 spiro atoms. The van der Waals surface area contributed by atoms with Crippen LogP contribution in [0.4, 0.5) is 0 Å². The molecule has 0 bridgehead atoms. The fourth-order valence-corrected chi connectivity index (χ4v) is 5.71. The molecule has 1 saturated heterocycles. The van der Waals surface area contributed by atoms with E-state index in [9.17, 15) is 9.59 Å². The van der Waals surface area contributed by atoms with Crippen LogP contribution in [0.1, 0.15) is 89.7 Å². The van der Waals surface area contributed by atoms with E-state index in [1.165, 1.54) is 12.8 Å². The highest BCUT2D eigenvalue weighted by Gasteiger charge is 2.45. The Morgan fingerprint density at radius 2 is 1.50 bits per heavy atom. The predicted octanol–water partition coefficient (Wildman–Crippen LogP) is 4.86. The molecule has 1 aliphatic heterocycles. The summed E-state index contributed by atoms with van der Waals surface area (Å²) in [6.07, 6.45) is 10.9. The van der Waals surface area contributed by atoms with Crippen molar-refractivity contribution >= 4 is 11.8 Å². The molecule has 2 amide bonds. The monoisotopic (exact) mass is 442 g/mol. The highest BCUT2D eigenvalue weighted by molar-refractivity contribution is 5.96. The third-order valence-corrected chi connectivity index (χ3v) is 7.24. The minimum Gasteiger partial charge on any atom is -0.493 e. The van der Waals surface area contributed by atoms with Crippen LogP contribution >= 0.6 is 0 Å². The smallest absolute Gasteiger partial charge is 0.250 e. The number of amides is 2. The standard InChI is InChI=1S/C26H38N2O4/c1-18(2)32-22-15-14-19(16-23(22)31-3)25-26(30)27(20-10-6-4-7-11-20)17-24(29)28(25)21-12-8-5-9-13-21/h14-16,18,20-21,25H,4-13,17H2,1-3H3/t25-/m0/s1. The van der Waals surface area contributed by atoms with E-state index in [2.05, 4.69) is 0 Å². The summed E-state index contributed by atoms with van der Waals surface area (Å²) in [5, 5.41) is 0. The zero-order valence-corrected chi connectivity index (χ0v) is 19.8. The molecule has 0 aromatic heterocycles. The fraction of sp³-hybridized carbons (Fsp3) is 0.692. The number of carbonyl (C=O) groups excluding carboxylic acids is 2. The van der Waals surface area contributed by atoms with Crippen molar-refractivity contribution in [3.05, 3.63) is 23.8 Å². The van der Waals surface area contributed by atoms with Crippen molar-refractivity contribution in [3.63, 3.8) is 0 Å². The Labute approximate surface area is 192 Å². The van der Waals surface area contributed by atoms with Gasteiger partial charge in [0.05, 0.1) is 13.2 Å². The average molecular weight is 443 g/mol. The predicted molar refractivity (Wildman–Crippen MR) is 124 cm³/mol. The number of rotatable bonds is 6. The Morgan fingerprint density at radius 3 is 2.09 bits per heavy atom. The van der Waals surface area contributed by atoms with Crippen LogP contribution in [0.15, 0.2) is 18.2 Å². The Hall–Kier alpha value is -2.24. The van der Waals surface area contributed by atoms with Crippen molar-refractivity contribution < 1.29 is 19.1 Å². The summed E-state index contributed by atoms with van der Waals surface area (Å²) in [4.78, 5) is 31.3. The maximum absolute atomic E-state index is 13.9. The van der Waals surface area contributed by atoms with Gasteiger partial charge in [-0.2, -0.15) is 0 Å². The number of piperazine rings is 1. The molecule has 2 aliphatic carbocycles. The van der Waals surface area contributed by atoms with Crippen molar-refractivity contribution in [2.24, 2.45) is 0 Å². The molecular weight excluding hydrogens is 404 g/mol. The summed E-state index contributed by atoms with van der Waals surface area (Å²) in [6.45, 7) is 4.18. The minimum absolute atomic E-state index is 0.0215. The Balaban J connectivity index is 1.70. The first-order valence-electron chi connectivity index (χ1n) is 12.5. The first-order chi connectivity index (χ1) is 15.5. The third-order valence-electron chi connectivity index (χ3n) is 7.24. The molecule has 6 heteroatoms. The van der Waals surface area contributed by atoms with Gasteiger partial charge in [-0.25, -0.2) is 0 Å². The van der Waals surface area contributed by atoms with Crippen LogP contribution in [-0.4, -0.2) is 53.5 Å². The second-order valence-corrected chi connectivity index (χ2v) is 9.83. The Morgan fingerprint density at radius 1 is 0.875 bits per heavy atom. The van der Waals surface area contributed by atoms with E-state index in [-0.39, 0.29) is 36.5 Å². The van der Waals surface area contributed by atoms with E-state index < -0.39 is 6.04 Å². The lowest BCUT2D eigenvalue weighted by atomic mass is 9.88. The summed E-state index contributed by atoms with van der Waals surface area (Å²) in [7, 11) is 1.62. The highest BCUT2D eigenvalue weighted by atomic mass is 16.5. The average Bonchev–Trinajstić information content (AvgIpc) is 2.81. The van der Waals surface area contributed by atoms with Gasteiger partial charge in [0.2, 0.25) is 5.91 Å². The highest BCUT2D eigenvalue weighted by Crippen LogP contribution is 2.39. The number of methoxy groups -OCH3 is 1. The molecule has 2 saturated carbocycles. The van der Waals surface area contributed by atoms with E-state index in [1.54, 1.807) is 7.11 Å². The quantitative estimate of drug-likeness (QED) is 0.631. The van der Waals surface area contributed by atoms with Gasteiger partial charge in [0.1, 0.15) is 12.6 Å². The summed E-state index contributed by atoms with van der Waals surface area (Å²) in [5.74, 6) is 1.43. The molecule has 1 aromatic rings. The number of ether oxygens (including phenoxy) is 2. The van der Waals surface area contributed by atoms with E-state index in [0.717, 1.165) is 56.9 Å². The van der Waals surface area contributed by atoms with Crippen molar-refractivity contribution in [3.8, 4) is 11.5 Å². The van der Waals surface area contributed by atoms with Gasteiger partial charge in [0.25, 0.3) is 5.91 Å². The zero-order valence-electron chi connectivity index (χ0n) is 19.8. The largest absolute Gasteiger partial charge is 0.493 e. The molecule has 3 aliphatic rings.